The number of nitrogens with zero attached hydrogens (tertiary/aromatic N) is 3. The third-order valence-electron chi connectivity index (χ3n) is 3.10. The summed E-state index contributed by atoms with van der Waals surface area (Å²) in [6.07, 6.45) is 0. The number of aliphatic hydroxyl groups excluding tert-OH is 2. The molecule has 0 fully saturated rings. The molecule has 0 aromatic heterocycles. The first-order valence-electron chi connectivity index (χ1n) is 6.76. The quantitative estimate of drug-likeness (QED) is 0.802. The summed E-state index contributed by atoms with van der Waals surface area (Å²) in [5.74, 6) is 0. The van der Waals surface area contributed by atoms with Gasteiger partial charge in [-0.05, 0) is 42.0 Å². The Bertz CT molecular complexity index is 597. The van der Waals surface area contributed by atoms with Crippen molar-refractivity contribution in [2.24, 2.45) is 10.2 Å². The fraction of sp³-hybridized carbons (Fsp3) is 0.250. The highest BCUT2D eigenvalue weighted by molar-refractivity contribution is 5.52. The van der Waals surface area contributed by atoms with Crippen molar-refractivity contribution < 1.29 is 10.2 Å². The van der Waals surface area contributed by atoms with Crippen molar-refractivity contribution in [1.82, 2.24) is 0 Å². The van der Waals surface area contributed by atoms with E-state index >= 15 is 0 Å². The van der Waals surface area contributed by atoms with Crippen LogP contribution < -0.4 is 4.90 Å². The van der Waals surface area contributed by atoms with Gasteiger partial charge in [0.25, 0.3) is 0 Å². The van der Waals surface area contributed by atoms with E-state index in [4.69, 9.17) is 10.2 Å². The lowest BCUT2D eigenvalue weighted by atomic mass is 10.2. The Kier molecular flexibility index (Phi) is 5.43. The normalized spacial score (nSPS) is 11.0. The lowest BCUT2D eigenvalue weighted by Crippen LogP contribution is -2.20. The van der Waals surface area contributed by atoms with Gasteiger partial charge in [0.2, 0.25) is 0 Å². The Hall–Kier alpha value is -2.24. The van der Waals surface area contributed by atoms with Crippen LogP contribution in [0.4, 0.5) is 17.1 Å². The molecule has 0 amide bonds. The van der Waals surface area contributed by atoms with Crippen LogP contribution in [0.5, 0.6) is 0 Å². The molecule has 0 heterocycles. The zero-order valence-corrected chi connectivity index (χ0v) is 12.0. The second-order valence-electron chi connectivity index (χ2n) is 4.69. The fourth-order valence-corrected chi connectivity index (χ4v) is 1.89. The Morgan fingerprint density at radius 3 is 2.33 bits per heavy atom. The van der Waals surface area contributed by atoms with Crippen LogP contribution in [0.15, 0.2) is 58.8 Å². The summed E-state index contributed by atoms with van der Waals surface area (Å²) in [6, 6.07) is 14.9. The summed E-state index contributed by atoms with van der Waals surface area (Å²) in [5.41, 5.74) is 3.30. The zero-order valence-electron chi connectivity index (χ0n) is 12.0. The minimum atomic E-state index is -0.00471. The van der Waals surface area contributed by atoms with Crippen molar-refractivity contribution in [3.63, 3.8) is 0 Å². The second kappa shape index (κ2) is 7.52. The highest BCUT2D eigenvalue weighted by Gasteiger charge is 1.99. The molecular weight excluding hydrogens is 266 g/mol. The minimum absolute atomic E-state index is 0.00471. The molecule has 0 aliphatic heterocycles. The van der Waals surface area contributed by atoms with E-state index in [0.29, 0.717) is 12.2 Å². The van der Waals surface area contributed by atoms with Gasteiger partial charge in [0.05, 0.1) is 24.6 Å². The van der Waals surface area contributed by atoms with E-state index in [9.17, 15) is 0 Å². The van der Waals surface area contributed by atoms with E-state index < -0.39 is 0 Å². The number of benzene rings is 2. The highest BCUT2D eigenvalue weighted by Crippen LogP contribution is 2.22. The molecule has 0 aliphatic rings. The summed E-state index contributed by atoms with van der Waals surface area (Å²) in [4.78, 5) is 1.96. The molecule has 0 bridgehead atoms. The van der Waals surface area contributed by atoms with Crippen LogP contribution >= 0.6 is 0 Å². The number of likely N-dealkylation sites (N-methyl/N-ethyl adjacent to an activating group) is 1. The van der Waals surface area contributed by atoms with Crippen molar-refractivity contribution in [1.29, 1.82) is 0 Å². The number of azo groups is 1. The van der Waals surface area contributed by atoms with Gasteiger partial charge >= 0.3 is 0 Å². The lowest BCUT2D eigenvalue weighted by molar-refractivity contribution is 0.282. The van der Waals surface area contributed by atoms with Gasteiger partial charge in [-0.15, -0.1) is 0 Å². The summed E-state index contributed by atoms with van der Waals surface area (Å²) < 4.78 is 0. The van der Waals surface area contributed by atoms with Crippen molar-refractivity contribution in [3.05, 3.63) is 54.1 Å². The molecule has 110 valence electrons. The molecule has 5 heteroatoms. The van der Waals surface area contributed by atoms with Crippen molar-refractivity contribution in [2.75, 3.05) is 25.1 Å². The van der Waals surface area contributed by atoms with E-state index in [-0.39, 0.29) is 13.2 Å². The van der Waals surface area contributed by atoms with Crippen LogP contribution in [0, 0.1) is 0 Å². The van der Waals surface area contributed by atoms with Gasteiger partial charge in [-0.1, -0.05) is 12.1 Å². The monoisotopic (exact) mass is 285 g/mol. The maximum absolute atomic E-state index is 9.08. The summed E-state index contributed by atoms with van der Waals surface area (Å²) in [7, 11) is 1.92. The fourth-order valence-electron chi connectivity index (χ4n) is 1.89. The second-order valence-corrected chi connectivity index (χ2v) is 4.69. The first kappa shape index (κ1) is 15.2. The molecular formula is C16H19N3O2. The molecule has 0 saturated heterocycles. The SMILES string of the molecule is CN(CCO)c1ccc(N=Nc2cccc(CO)c2)cc1. The average molecular weight is 285 g/mol. The van der Waals surface area contributed by atoms with Gasteiger partial charge in [0.15, 0.2) is 0 Å². The van der Waals surface area contributed by atoms with Crippen LogP contribution in [0.1, 0.15) is 5.56 Å². The molecule has 0 aliphatic carbocycles. The molecule has 21 heavy (non-hydrogen) atoms. The van der Waals surface area contributed by atoms with E-state index in [1.165, 1.54) is 0 Å². The third-order valence-corrected chi connectivity index (χ3v) is 3.10. The Balaban J connectivity index is 2.07. The molecule has 0 atom stereocenters. The van der Waals surface area contributed by atoms with Crippen LogP contribution in [0.2, 0.25) is 0 Å². The van der Waals surface area contributed by atoms with Gasteiger partial charge in [0, 0.05) is 19.3 Å². The van der Waals surface area contributed by atoms with Gasteiger partial charge in [-0.2, -0.15) is 10.2 Å². The number of rotatable bonds is 6. The van der Waals surface area contributed by atoms with E-state index in [1.807, 2.05) is 54.4 Å². The van der Waals surface area contributed by atoms with Crippen LogP contribution in [0.3, 0.4) is 0 Å². The smallest absolute Gasteiger partial charge is 0.0860 e. The average Bonchev–Trinajstić information content (AvgIpc) is 2.54. The number of hydrogen-bond acceptors (Lipinski definition) is 5. The van der Waals surface area contributed by atoms with E-state index in [0.717, 1.165) is 16.9 Å². The maximum atomic E-state index is 9.08. The zero-order chi connectivity index (χ0) is 15.1. The van der Waals surface area contributed by atoms with Crippen LogP contribution in [-0.2, 0) is 6.61 Å². The molecule has 2 aromatic rings. The molecule has 2 aromatic carbocycles. The number of hydrogen-bond donors (Lipinski definition) is 2. The van der Waals surface area contributed by atoms with Gasteiger partial charge in [0.1, 0.15) is 0 Å². The predicted molar refractivity (Wildman–Crippen MR) is 83.3 cm³/mol. The van der Waals surface area contributed by atoms with Crippen LogP contribution in [-0.4, -0.2) is 30.4 Å². The van der Waals surface area contributed by atoms with E-state index in [2.05, 4.69) is 10.2 Å². The van der Waals surface area contributed by atoms with Gasteiger partial charge in [-0.25, -0.2) is 0 Å². The van der Waals surface area contributed by atoms with Crippen molar-refractivity contribution in [2.45, 2.75) is 6.61 Å². The first-order valence-corrected chi connectivity index (χ1v) is 6.76. The van der Waals surface area contributed by atoms with Crippen LogP contribution in [0.25, 0.3) is 0 Å². The standard InChI is InChI=1S/C16H19N3O2/c1-19(9-10-20)16-7-5-14(6-8-16)17-18-15-4-2-3-13(11-15)12-21/h2-8,11,20-21H,9-10,12H2,1H3. The Morgan fingerprint density at radius 1 is 0.952 bits per heavy atom. The number of aliphatic hydroxyl groups is 2. The molecule has 2 rings (SSSR count). The largest absolute Gasteiger partial charge is 0.395 e. The summed E-state index contributed by atoms with van der Waals surface area (Å²) in [5, 5.41) is 26.3. The lowest BCUT2D eigenvalue weighted by Gasteiger charge is -2.17. The molecule has 0 unspecified atom stereocenters. The van der Waals surface area contributed by atoms with E-state index in [1.54, 1.807) is 6.07 Å². The summed E-state index contributed by atoms with van der Waals surface area (Å²) in [6.45, 7) is 0.712. The summed E-state index contributed by atoms with van der Waals surface area (Å²) >= 11 is 0. The highest BCUT2D eigenvalue weighted by atomic mass is 16.3. The molecule has 5 nitrogen and oxygen atoms in total. The molecule has 2 N–H and O–H groups in total. The van der Waals surface area contributed by atoms with Gasteiger partial charge in [-0.3, -0.25) is 0 Å². The predicted octanol–water partition coefficient (Wildman–Crippen LogP) is 3.02. The third kappa shape index (κ3) is 4.37. The van der Waals surface area contributed by atoms with Gasteiger partial charge < -0.3 is 15.1 Å². The van der Waals surface area contributed by atoms with Crippen molar-refractivity contribution >= 4 is 17.1 Å². The molecule has 0 radical (unpaired) electrons. The molecule has 0 spiro atoms. The minimum Gasteiger partial charge on any atom is -0.395 e. The Morgan fingerprint density at radius 2 is 1.67 bits per heavy atom. The first-order chi connectivity index (χ1) is 10.2. The molecule has 0 saturated carbocycles. The maximum Gasteiger partial charge on any atom is 0.0860 e. The Labute approximate surface area is 124 Å². The topological polar surface area (TPSA) is 68.4 Å². The van der Waals surface area contributed by atoms with Crippen molar-refractivity contribution in [3.8, 4) is 0 Å². The number of anilines is 1.